The smallest absolute Gasteiger partial charge is 0.383 e. The topological polar surface area (TPSA) is 71.2 Å². The van der Waals surface area contributed by atoms with E-state index in [2.05, 4.69) is 4.98 Å². The minimum Gasteiger partial charge on any atom is -0.383 e. The predicted molar refractivity (Wildman–Crippen MR) is 190 cm³/mol. The second kappa shape index (κ2) is 14.6. The van der Waals surface area contributed by atoms with Gasteiger partial charge in [0.2, 0.25) is 0 Å². The van der Waals surface area contributed by atoms with E-state index in [1.165, 1.54) is 56.4 Å². The van der Waals surface area contributed by atoms with Crippen LogP contribution in [0.5, 0.6) is 0 Å². The molecule has 2 N–H and O–H groups in total. The molecule has 2 aromatic heterocycles. The van der Waals surface area contributed by atoms with Crippen molar-refractivity contribution >= 4 is 0 Å². The molecule has 0 radical (unpaired) electrons. The summed E-state index contributed by atoms with van der Waals surface area (Å²) < 4.78 is 87.3. The normalized spacial score (nSPS) is 14.2. The number of aliphatic hydroxyl groups is 2. The van der Waals surface area contributed by atoms with E-state index in [-0.39, 0.29) is 23.5 Å². The van der Waals surface area contributed by atoms with Crippen molar-refractivity contribution in [1.82, 2.24) is 14.5 Å². The summed E-state index contributed by atoms with van der Waals surface area (Å²) in [4.78, 5) is 8.75. The third-order valence-corrected chi connectivity index (χ3v) is 9.65. The molecule has 0 aliphatic heterocycles. The molecule has 53 heavy (non-hydrogen) atoms. The van der Waals surface area contributed by atoms with Gasteiger partial charge < -0.3 is 14.8 Å². The molecule has 0 aliphatic carbocycles. The van der Waals surface area contributed by atoms with Crippen LogP contribution in [0.3, 0.4) is 0 Å². The Hall–Kier alpha value is -5.26. The minimum atomic E-state index is -4.93. The van der Waals surface area contributed by atoms with Crippen molar-refractivity contribution in [2.45, 2.75) is 56.5 Å². The molecule has 0 aliphatic rings. The fourth-order valence-electron chi connectivity index (χ4n) is 6.96. The molecular formula is C42H37F6N3O2. The van der Waals surface area contributed by atoms with Crippen LogP contribution in [0, 0.1) is 11.2 Å². The molecule has 2 heterocycles. The van der Waals surface area contributed by atoms with Crippen LogP contribution in [0.15, 0.2) is 140 Å². The lowest BCUT2D eigenvalue weighted by atomic mass is 9.76. The Labute approximate surface area is 303 Å². The number of imidazole rings is 1. The number of aromatic nitrogens is 3. The number of benzene rings is 4. The average molecular weight is 730 g/mol. The molecule has 0 saturated heterocycles. The van der Waals surface area contributed by atoms with E-state index in [4.69, 9.17) is 4.98 Å². The summed E-state index contributed by atoms with van der Waals surface area (Å²) in [6.07, 6.45) is -9.55. The number of hydrogen-bond acceptors (Lipinski definition) is 4. The summed E-state index contributed by atoms with van der Waals surface area (Å²) in [6, 6.07) is 35.9. The van der Waals surface area contributed by atoms with Crippen molar-refractivity contribution in [3.63, 3.8) is 0 Å². The summed E-state index contributed by atoms with van der Waals surface area (Å²) in [6.45, 7) is 2.52. The first-order chi connectivity index (χ1) is 25.2. The second-order valence-electron chi connectivity index (χ2n) is 13.8. The van der Waals surface area contributed by atoms with Crippen LogP contribution in [0.2, 0.25) is 0 Å². The first kappa shape index (κ1) is 37.5. The summed E-state index contributed by atoms with van der Waals surface area (Å²) in [5, 5.41) is 22.3. The number of nitrogens with zero attached hydrogens (tertiary/aromatic N) is 3. The number of hydrogen-bond donors (Lipinski definition) is 2. The van der Waals surface area contributed by atoms with Crippen LogP contribution < -0.4 is 0 Å². The third kappa shape index (κ3) is 7.36. The van der Waals surface area contributed by atoms with Gasteiger partial charge in [0.05, 0.1) is 17.6 Å². The lowest BCUT2D eigenvalue weighted by Gasteiger charge is -2.39. The van der Waals surface area contributed by atoms with Crippen molar-refractivity contribution in [2.24, 2.45) is 5.41 Å². The highest BCUT2D eigenvalue weighted by molar-refractivity contribution is 5.59. The number of alkyl halides is 5. The van der Waals surface area contributed by atoms with Gasteiger partial charge in [-0.05, 0) is 40.8 Å². The zero-order valence-corrected chi connectivity index (χ0v) is 28.9. The molecule has 0 amide bonds. The predicted octanol–water partition coefficient (Wildman–Crippen LogP) is 9.11. The highest BCUT2D eigenvalue weighted by Gasteiger charge is 2.49. The lowest BCUT2D eigenvalue weighted by molar-refractivity contribution is -0.234. The number of rotatable bonds is 12. The van der Waals surface area contributed by atoms with Gasteiger partial charge in [-0.25, -0.2) is 18.2 Å². The van der Waals surface area contributed by atoms with Crippen molar-refractivity contribution < 1.29 is 36.6 Å². The van der Waals surface area contributed by atoms with Crippen LogP contribution in [-0.2, 0) is 24.0 Å². The molecule has 0 bridgehead atoms. The molecule has 2 unspecified atom stereocenters. The maximum Gasteiger partial charge on any atom is 0.414 e. The molecule has 5 nitrogen and oxygen atoms in total. The molecule has 6 aromatic rings. The second-order valence-corrected chi connectivity index (χ2v) is 13.8. The van der Waals surface area contributed by atoms with Gasteiger partial charge in [0.25, 0.3) is 6.43 Å². The Morgan fingerprint density at radius 3 is 1.62 bits per heavy atom. The number of halogens is 6. The van der Waals surface area contributed by atoms with Crippen molar-refractivity contribution in [2.75, 3.05) is 0 Å². The van der Waals surface area contributed by atoms with Crippen LogP contribution in [0.4, 0.5) is 26.3 Å². The van der Waals surface area contributed by atoms with E-state index in [0.717, 1.165) is 6.20 Å². The van der Waals surface area contributed by atoms with Gasteiger partial charge in [-0.1, -0.05) is 129 Å². The van der Waals surface area contributed by atoms with Crippen molar-refractivity contribution in [1.29, 1.82) is 0 Å². The van der Waals surface area contributed by atoms with Gasteiger partial charge in [0.1, 0.15) is 17.2 Å². The van der Waals surface area contributed by atoms with Crippen LogP contribution in [-0.4, -0.2) is 43.5 Å². The van der Waals surface area contributed by atoms with E-state index < -0.39 is 47.5 Å². The van der Waals surface area contributed by atoms with Crippen molar-refractivity contribution in [3.05, 3.63) is 179 Å². The molecule has 2 atom stereocenters. The van der Waals surface area contributed by atoms with Crippen LogP contribution >= 0.6 is 0 Å². The van der Waals surface area contributed by atoms with Gasteiger partial charge in [0.15, 0.2) is 11.7 Å². The highest BCUT2D eigenvalue weighted by Crippen LogP contribution is 2.44. The van der Waals surface area contributed by atoms with Crippen LogP contribution in [0.25, 0.3) is 11.3 Å². The van der Waals surface area contributed by atoms with Gasteiger partial charge in [0, 0.05) is 23.6 Å². The SMILES string of the molecule is CC(C)(Cc1cn(C(c2ccccc2)(c2ccccc2)c2ccccc2)c(CC(O)(c2ccc(-c3ccc(F)cn3)cc2)C(F)F)n1)C(O)C(F)(F)F. The first-order valence-electron chi connectivity index (χ1n) is 16.9. The van der Waals surface area contributed by atoms with Crippen LogP contribution in [0.1, 0.15) is 47.6 Å². The molecule has 0 fully saturated rings. The summed E-state index contributed by atoms with van der Waals surface area (Å²) in [5.74, 6) is -0.581. The molecule has 11 heteroatoms. The molecule has 4 aromatic carbocycles. The average Bonchev–Trinajstić information content (AvgIpc) is 3.53. The number of aliphatic hydroxyl groups excluding tert-OH is 1. The molecule has 274 valence electrons. The monoisotopic (exact) mass is 729 g/mol. The van der Waals surface area contributed by atoms with E-state index in [9.17, 15) is 27.8 Å². The van der Waals surface area contributed by atoms with Gasteiger partial charge in [-0.15, -0.1) is 0 Å². The molecule has 6 rings (SSSR count). The van der Waals surface area contributed by atoms with Crippen molar-refractivity contribution in [3.8, 4) is 11.3 Å². The Balaban J connectivity index is 1.59. The molecule has 0 spiro atoms. The zero-order chi connectivity index (χ0) is 38.0. The fourth-order valence-corrected chi connectivity index (χ4v) is 6.96. The van der Waals surface area contributed by atoms with E-state index in [0.29, 0.717) is 27.9 Å². The Kier molecular flexibility index (Phi) is 10.4. The first-order valence-corrected chi connectivity index (χ1v) is 16.9. The van der Waals surface area contributed by atoms with E-state index >= 15 is 8.78 Å². The number of pyridine rings is 1. The lowest BCUT2D eigenvalue weighted by Crippen LogP contribution is -2.43. The molecular weight excluding hydrogens is 692 g/mol. The van der Waals surface area contributed by atoms with Gasteiger partial charge in [-0.2, -0.15) is 13.2 Å². The van der Waals surface area contributed by atoms with E-state index in [1.807, 2.05) is 91.0 Å². The Bertz CT molecular complexity index is 2010. The maximum absolute atomic E-state index is 15.3. The summed E-state index contributed by atoms with van der Waals surface area (Å²) in [5.41, 5.74) is -3.02. The fraction of sp³-hybridized carbons (Fsp3) is 0.238. The Morgan fingerprint density at radius 2 is 1.19 bits per heavy atom. The zero-order valence-electron chi connectivity index (χ0n) is 28.9. The largest absolute Gasteiger partial charge is 0.414 e. The minimum absolute atomic E-state index is 0.0408. The highest BCUT2D eigenvalue weighted by atomic mass is 19.4. The van der Waals surface area contributed by atoms with Gasteiger partial charge in [-0.3, -0.25) is 4.98 Å². The third-order valence-electron chi connectivity index (χ3n) is 9.65. The Morgan fingerprint density at radius 1 is 0.679 bits per heavy atom. The standard InChI is InChI=1S/C42H37F6N3O2/c1-39(2,37(52)42(46,47)48)24-34-27-51(41(30-12-6-3-7-13-30,31-14-8-4-9-15-31)32-16-10-5-11-17-32)36(50-34)25-40(53,38(44)45)29-20-18-28(19-21-29)35-23-22-33(43)26-49-35/h3-23,26-27,37-38,52-53H,24-25H2,1-2H3. The summed E-state index contributed by atoms with van der Waals surface area (Å²) >= 11 is 0. The van der Waals surface area contributed by atoms with Gasteiger partial charge >= 0.3 is 6.18 Å². The quantitative estimate of drug-likeness (QED) is 0.0975. The molecule has 0 saturated carbocycles. The summed E-state index contributed by atoms with van der Waals surface area (Å²) in [7, 11) is 0. The van der Waals surface area contributed by atoms with E-state index in [1.54, 1.807) is 4.57 Å². The maximum atomic E-state index is 15.3.